The number of aryl methyl sites for hydroxylation is 1. The van der Waals surface area contributed by atoms with Gasteiger partial charge in [0.15, 0.2) is 17.6 Å². The third kappa shape index (κ3) is 8.14. The lowest BCUT2D eigenvalue weighted by molar-refractivity contribution is -0.123. The van der Waals surface area contributed by atoms with E-state index in [2.05, 4.69) is 20.8 Å². The summed E-state index contributed by atoms with van der Waals surface area (Å²) in [6.45, 7) is 4.31. The molecule has 0 bridgehead atoms. The van der Waals surface area contributed by atoms with Crippen LogP contribution in [0.4, 0.5) is 5.69 Å². The first-order valence-corrected chi connectivity index (χ1v) is 14.1. The molecular formula is C28H27Cl2N5O4S. The number of nitrogens with zero attached hydrogens (tertiary/aromatic N) is 3. The number of ether oxygens (including phenoxy) is 2. The molecule has 0 atom stereocenters. The number of nitrogens with one attached hydrogen (secondary N) is 2. The fraction of sp³-hybridized carbons (Fsp3) is 0.214. The third-order valence-electron chi connectivity index (χ3n) is 5.44. The van der Waals surface area contributed by atoms with Crippen LogP contribution in [0.2, 0.25) is 10.0 Å². The number of amides is 2. The van der Waals surface area contributed by atoms with E-state index in [1.54, 1.807) is 36.4 Å². The Hall–Kier alpha value is -3.73. The molecule has 2 N–H and O–H groups in total. The molecule has 4 aromatic rings. The molecule has 208 valence electrons. The number of carbonyl (C=O) groups excluding carboxylic acids is 2. The lowest BCUT2D eigenvalue weighted by Crippen LogP contribution is -2.29. The van der Waals surface area contributed by atoms with Gasteiger partial charge in [-0.2, -0.15) is 0 Å². The van der Waals surface area contributed by atoms with E-state index in [0.717, 1.165) is 17.0 Å². The third-order valence-corrected chi connectivity index (χ3v) is 6.90. The Bertz CT molecular complexity index is 1480. The Kier molecular flexibility index (Phi) is 10.3. The first-order valence-electron chi connectivity index (χ1n) is 12.3. The van der Waals surface area contributed by atoms with E-state index in [1.165, 1.54) is 17.8 Å². The Morgan fingerprint density at radius 2 is 1.77 bits per heavy atom. The van der Waals surface area contributed by atoms with Crippen LogP contribution in [0.1, 0.15) is 18.3 Å². The van der Waals surface area contributed by atoms with Gasteiger partial charge in [-0.1, -0.05) is 47.1 Å². The summed E-state index contributed by atoms with van der Waals surface area (Å²) < 4.78 is 12.8. The fourth-order valence-electron chi connectivity index (χ4n) is 3.63. The second kappa shape index (κ2) is 14.1. The summed E-state index contributed by atoms with van der Waals surface area (Å²) in [5.74, 6) is 1.14. The fourth-order valence-corrected chi connectivity index (χ4v) is 4.86. The van der Waals surface area contributed by atoms with Crippen molar-refractivity contribution in [3.8, 4) is 17.2 Å². The molecule has 0 saturated heterocycles. The predicted molar refractivity (Wildman–Crippen MR) is 157 cm³/mol. The number of halogens is 2. The molecule has 4 rings (SSSR count). The number of aromatic nitrogens is 3. The van der Waals surface area contributed by atoms with Gasteiger partial charge in [-0.15, -0.1) is 10.2 Å². The average Bonchev–Trinajstić information content (AvgIpc) is 3.34. The summed E-state index contributed by atoms with van der Waals surface area (Å²) >= 11 is 13.3. The molecule has 0 aliphatic rings. The molecule has 0 aliphatic heterocycles. The molecule has 0 unspecified atom stereocenters. The Morgan fingerprint density at radius 1 is 0.975 bits per heavy atom. The molecule has 0 spiro atoms. The van der Waals surface area contributed by atoms with E-state index in [1.807, 2.05) is 42.7 Å². The Balaban J connectivity index is 1.40. The minimum Gasteiger partial charge on any atom is -0.494 e. The quantitative estimate of drug-likeness (QED) is 0.201. The van der Waals surface area contributed by atoms with Crippen LogP contribution in [0.25, 0.3) is 5.69 Å². The van der Waals surface area contributed by atoms with Crippen LogP contribution in [0.3, 0.4) is 0 Å². The number of benzene rings is 3. The number of hydrogen-bond acceptors (Lipinski definition) is 7. The lowest BCUT2D eigenvalue weighted by Gasteiger charge is -2.12. The van der Waals surface area contributed by atoms with E-state index in [0.29, 0.717) is 39.1 Å². The highest BCUT2D eigenvalue weighted by Crippen LogP contribution is 2.27. The van der Waals surface area contributed by atoms with Crippen molar-refractivity contribution in [2.75, 3.05) is 24.3 Å². The van der Waals surface area contributed by atoms with E-state index < -0.39 is 0 Å². The van der Waals surface area contributed by atoms with Crippen molar-refractivity contribution in [3.63, 3.8) is 0 Å². The normalized spacial score (nSPS) is 10.7. The van der Waals surface area contributed by atoms with Gasteiger partial charge in [0, 0.05) is 16.4 Å². The van der Waals surface area contributed by atoms with Crippen molar-refractivity contribution in [3.05, 3.63) is 88.2 Å². The average molecular weight is 601 g/mol. The molecule has 1 aromatic heterocycles. The van der Waals surface area contributed by atoms with Crippen LogP contribution in [0.15, 0.2) is 71.9 Å². The minimum absolute atomic E-state index is 0.0937. The molecule has 0 fully saturated rings. The molecule has 2 amide bonds. The van der Waals surface area contributed by atoms with Gasteiger partial charge >= 0.3 is 0 Å². The second-order valence-electron chi connectivity index (χ2n) is 8.51. The van der Waals surface area contributed by atoms with E-state index in [-0.39, 0.29) is 30.7 Å². The van der Waals surface area contributed by atoms with Gasteiger partial charge in [0.1, 0.15) is 11.5 Å². The topological polar surface area (TPSA) is 107 Å². The molecule has 0 aliphatic carbocycles. The molecule has 40 heavy (non-hydrogen) atoms. The number of carbonyl (C=O) groups is 2. The standard InChI is InChI=1S/C28H27Cl2N5O4S/c1-3-38-22-10-8-20(9-11-22)32-27(37)17-40-28-34-33-25(35(28)21-6-4-5-18(2)13-21)15-31-26(36)16-39-24-12-7-19(29)14-23(24)30/h4-14H,3,15-17H2,1-2H3,(H,31,36)(H,32,37). The van der Waals surface area contributed by atoms with Crippen molar-refractivity contribution < 1.29 is 19.1 Å². The van der Waals surface area contributed by atoms with Crippen LogP contribution in [0, 0.1) is 6.92 Å². The molecule has 3 aromatic carbocycles. The predicted octanol–water partition coefficient (Wildman–Crippen LogP) is 5.71. The Labute approximate surface area is 246 Å². The Morgan fingerprint density at radius 3 is 2.50 bits per heavy atom. The smallest absolute Gasteiger partial charge is 0.258 e. The zero-order valence-corrected chi connectivity index (χ0v) is 24.1. The number of rotatable bonds is 12. The van der Waals surface area contributed by atoms with Crippen molar-refractivity contribution in [2.45, 2.75) is 25.5 Å². The van der Waals surface area contributed by atoms with Gasteiger partial charge in [0.05, 0.1) is 23.9 Å². The lowest BCUT2D eigenvalue weighted by atomic mass is 10.2. The van der Waals surface area contributed by atoms with Gasteiger partial charge < -0.3 is 20.1 Å². The summed E-state index contributed by atoms with van der Waals surface area (Å²) in [5, 5.41) is 15.5. The van der Waals surface area contributed by atoms with Crippen LogP contribution >= 0.6 is 35.0 Å². The van der Waals surface area contributed by atoms with Crippen molar-refractivity contribution in [1.29, 1.82) is 0 Å². The van der Waals surface area contributed by atoms with Crippen LogP contribution < -0.4 is 20.1 Å². The molecule has 12 heteroatoms. The van der Waals surface area contributed by atoms with Gasteiger partial charge in [0.25, 0.3) is 5.91 Å². The number of hydrogen-bond donors (Lipinski definition) is 2. The van der Waals surface area contributed by atoms with Crippen LogP contribution in [0.5, 0.6) is 11.5 Å². The SMILES string of the molecule is CCOc1ccc(NC(=O)CSc2nnc(CNC(=O)COc3ccc(Cl)cc3Cl)n2-c2cccc(C)c2)cc1. The maximum absolute atomic E-state index is 12.6. The first kappa shape index (κ1) is 29.3. The van der Waals surface area contributed by atoms with Crippen molar-refractivity contribution >= 4 is 52.5 Å². The molecular weight excluding hydrogens is 573 g/mol. The highest BCUT2D eigenvalue weighted by atomic mass is 35.5. The minimum atomic E-state index is -0.367. The van der Waals surface area contributed by atoms with Crippen LogP contribution in [-0.2, 0) is 16.1 Å². The van der Waals surface area contributed by atoms with Gasteiger partial charge in [0.2, 0.25) is 5.91 Å². The number of anilines is 1. The van der Waals surface area contributed by atoms with Gasteiger partial charge in [-0.25, -0.2) is 0 Å². The highest BCUT2D eigenvalue weighted by molar-refractivity contribution is 7.99. The van der Waals surface area contributed by atoms with E-state index in [9.17, 15) is 9.59 Å². The van der Waals surface area contributed by atoms with E-state index >= 15 is 0 Å². The van der Waals surface area contributed by atoms with Crippen molar-refractivity contribution in [2.24, 2.45) is 0 Å². The maximum Gasteiger partial charge on any atom is 0.258 e. The summed E-state index contributed by atoms with van der Waals surface area (Å²) in [4.78, 5) is 25.1. The monoisotopic (exact) mass is 599 g/mol. The summed E-state index contributed by atoms with van der Waals surface area (Å²) in [6.07, 6.45) is 0. The molecule has 0 saturated carbocycles. The van der Waals surface area contributed by atoms with Crippen LogP contribution in [-0.4, -0.2) is 45.5 Å². The first-order chi connectivity index (χ1) is 19.3. The van der Waals surface area contributed by atoms with Crippen molar-refractivity contribution in [1.82, 2.24) is 20.1 Å². The highest BCUT2D eigenvalue weighted by Gasteiger charge is 2.17. The molecule has 0 radical (unpaired) electrons. The molecule has 1 heterocycles. The largest absolute Gasteiger partial charge is 0.494 e. The van der Waals surface area contributed by atoms with E-state index in [4.69, 9.17) is 32.7 Å². The molecule has 9 nitrogen and oxygen atoms in total. The summed E-state index contributed by atoms with van der Waals surface area (Å²) in [7, 11) is 0. The number of thioether (sulfide) groups is 1. The summed E-state index contributed by atoms with van der Waals surface area (Å²) in [5.41, 5.74) is 2.52. The zero-order chi connectivity index (χ0) is 28.5. The zero-order valence-electron chi connectivity index (χ0n) is 21.8. The summed E-state index contributed by atoms with van der Waals surface area (Å²) in [6, 6.07) is 19.7. The second-order valence-corrected chi connectivity index (χ2v) is 10.3. The van der Waals surface area contributed by atoms with Gasteiger partial charge in [-0.05, 0) is 74.0 Å². The maximum atomic E-state index is 12.6. The van der Waals surface area contributed by atoms with Gasteiger partial charge in [-0.3, -0.25) is 14.2 Å².